The predicted molar refractivity (Wildman–Crippen MR) is 178 cm³/mol. The van der Waals surface area contributed by atoms with Gasteiger partial charge in [0.2, 0.25) is 0 Å². The minimum absolute atomic E-state index is 0.00399. The number of aromatic nitrogens is 4. The number of carboxylic acid groups (broad SMARTS) is 1. The third-order valence-electron chi connectivity index (χ3n) is 7.82. The highest BCUT2D eigenvalue weighted by molar-refractivity contribution is 5.94. The van der Waals surface area contributed by atoms with Crippen molar-refractivity contribution in [1.82, 2.24) is 30.7 Å². The van der Waals surface area contributed by atoms with Crippen LogP contribution < -0.4 is 10.6 Å². The molecule has 1 amide bonds. The molecular weight excluding hydrogens is 580 g/mol. The number of hydrogen-bond acceptors (Lipinski definition) is 8. The summed E-state index contributed by atoms with van der Waals surface area (Å²) in [6.45, 7) is 9.36. The molecule has 0 bridgehead atoms. The van der Waals surface area contributed by atoms with Gasteiger partial charge in [0.15, 0.2) is 11.6 Å². The molecule has 0 saturated carbocycles. The zero-order chi connectivity index (χ0) is 32.9. The van der Waals surface area contributed by atoms with Crippen molar-refractivity contribution in [3.8, 4) is 22.8 Å². The van der Waals surface area contributed by atoms with Crippen molar-refractivity contribution in [2.75, 3.05) is 13.1 Å². The van der Waals surface area contributed by atoms with Gasteiger partial charge in [-0.25, -0.2) is 9.97 Å². The van der Waals surface area contributed by atoms with Gasteiger partial charge in [-0.1, -0.05) is 94.9 Å². The number of hydrogen-bond donors (Lipinski definition) is 3. The maximum absolute atomic E-state index is 13.1. The smallest absolute Gasteiger partial charge is 0.304 e. The lowest BCUT2D eigenvalue weighted by Gasteiger charge is -2.21. The van der Waals surface area contributed by atoms with Crippen LogP contribution in [0.3, 0.4) is 0 Å². The Kier molecular flexibility index (Phi) is 12.5. The molecule has 0 saturated heterocycles. The third kappa shape index (κ3) is 10.6. The highest BCUT2D eigenvalue weighted by atomic mass is 16.5. The van der Waals surface area contributed by atoms with Crippen LogP contribution in [0.15, 0.2) is 65.4 Å². The van der Waals surface area contributed by atoms with Crippen molar-refractivity contribution >= 4 is 11.9 Å². The van der Waals surface area contributed by atoms with Crippen LogP contribution in [0, 0.1) is 0 Å². The normalized spacial score (nSPS) is 12.2. The first-order chi connectivity index (χ1) is 22.1. The van der Waals surface area contributed by atoms with Crippen molar-refractivity contribution in [1.29, 1.82) is 0 Å². The van der Waals surface area contributed by atoms with E-state index in [1.54, 1.807) is 12.4 Å². The number of benzene rings is 2. The van der Waals surface area contributed by atoms with E-state index in [9.17, 15) is 9.59 Å². The first-order valence-electron chi connectivity index (χ1n) is 16.2. The summed E-state index contributed by atoms with van der Waals surface area (Å²) in [4.78, 5) is 37.7. The topological polar surface area (TPSA) is 143 Å². The first-order valence-corrected chi connectivity index (χ1v) is 16.2. The molecule has 4 rings (SSSR count). The Morgan fingerprint density at radius 3 is 2.26 bits per heavy atom. The Balaban J connectivity index is 1.37. The van der Waals surface area contributed by atoms with E-state index in [-0.39, 0.29) is 23.8 Å². The molecule has 0 spiro atoms. The number of aliphatic carboxylic acids is 1. The lowest BCUT2D eigenvalue weighted by atomic mass is 9.86. The average molecular weight is 627 g/mol. The number of unbranched alkanes of at least 4 members (excludes halogenated alkanes) is 4. The summed E-state index contributed by atoms with van der Waals surface area (Å²) in [6, 6.07) is 15.3. The number of carboxylic acids is 1. The van der Waals surface area contributed by atoms with Crippen LogP contribution in [0.5, 0.6) is 0 Å². The molecule has 1 unspecified atom stereocenters. The molecule has 10 heteroatoms. The van der Waals surface area contributed by atoms with Gasteiger partial charge in [-0.2, -0.15) is 4.98 Å². The molecule has 2 heterocycles. The van der Waals surface area contributed by atoms with Gasteiger partial charge in [-0.3, -0.25) is 9.59 Å². The van der Waals surface area contributed by atoms with E-state index in [0.717, 1.165) is 29.5 Å². The van der Waals surface area contributed by atoms with Gasteiger partial charge in [-0.05, 0) is 41.5 Å². The largest absolute Gasteiger partial charge is 0.481 e. The van der Waals surface area contributed by atoms with Gasteiger partial charge in [0.25, 0.3) is 11.8 Å². The van der Waals surface area contributed by atoms with Gasteiger partial charge in [-0.15, -0.1) is 0 Å². The molecule has 0 aliphatic carbocycles. The van der Waals surface area contributed by atoms with E-state index in [2.05, 4.69) is 58.4 Å². The number of nitrogens with zero attached hydrogens (tertiary/aromatic N) is 4. The molecule has 46 heavy (non-hydrogen) atoms. The van der Waals surface area contributed by atoms with Crippen LogP contribution in [-0.4, -0.2) is 56.2 Å². The molecule has 10 nitrogen and oxygen atoms in total. The standard InChI is InChI=1S/C36H46N6O4/c1-5-6-7-8-9-10-31-41-35(46-42-31)28-22-38-33(39-23-28)26-13-11-25(12-14-26)21-30(24-37-20-19-32(43)44)40-34(45)27-15-17-29(18-16-27)36(2,3)4/h11-18,22-23,30,37H,5-10,19-21,24H2,1-4H3,(H,40,45)(H,43,44). The van der Waals surface area contributed by atoms with Crippen molar-refractivity contribution in [2.24, 2.45) is 0 Å². The SMILES string of the molecule is CCCCCCCc1noc(-c2cnc(-c3ccc(CC(CNCCC(=O)O)NC(=O)c4ccc(C(C)(C)C)cc4)cc3)nc2)n1. The molecule has 4 aromatic rings. The average Bonchev–Trinajstić information content (AvgIpc) is 3.52. The van der Waals surface area contributed by atoms with E-state index in [1.165, 1.54) is 25.7 Å². The summed E-state index contributed by atoms with van der Waals surface area (Å²) in [7, 11) is 0. The van der Waals surface area contributed by atoms with Gasteiger partial charge >= 0.3 is 5.97 Å². The molecule has 0 aliphatic heterocycles. The Labute approximate surface area is 271 Å². The number of amides is 1. The summed E-state index contributed by atoms with van der Waals surface area (Å²) in [6.07, 6.45) is 10.7. The van der Waals surface area contributed by atoms with Crippen molar-refractivity contribution < 1.29 is 19.2 Å². The Bertz CT molecular complexity index is 1530. The third-order valence-corrected chi connectivity index (χ3v) is 7.82. The van der Waals surface area contributed by atoms with Gasteiger partial charge in [0.05, 0.1) is 12.0 Å². The van der Waals surface area contributed by atoms with Crippen molar-refractivity contribution in [3.63, 3.8) is 0 Å². The molecular formula is C36H46N6O4. The molecule has 2 aromatic heterocycles. The number of rotatable bonds is 17. The van der Waals surface area contributed by atoms with E-state index in [1.807, 2.05) is 48.5 Å². The Hall–Kier alpha value is -4.44. The van der Waals surface area contributed by atoms with Crippen LogP contribution in [-0.2, 0) is 23.1 Å². The molecule has 1 atom stereocenters. The minimum Gasteiger partial charge on any atom is -0.481 e. The Morgan fingerprint density at radius 1 is 0.913 bits per heavy atom. The molecule has 0 radical (unpaired) electrons. The number of aryl methyl sites for hydroxylation is 1. The molecule has 244 valence electrons. The Morgan fingerprint density at radius 2 is 1.61 bits per heavy atom. The van der Waals surface area contributed by atoms with Crippen LogP contribution in [0.25, 0.3) is 22.8 Å². The maximum atomic E-state index is 13.1. The predicted octanol–water partition coefficient (Wildman–Crippen LogP) is 6.41. The van der Waals surface area contributed by atoms with Crippen LogP contribution >= 0.6 is 0 Å². The zero-order valence-corrected chi connectivity index (χ0v) is 27.4. The summed E-state index contributed by atoms with van der Waals surface area (Å²) < 4.78 is 5.44. The number of carbonyl (C=O) groups is 2. The van der Waals surface area contributed by atoms with Crippen molar-refractivity contribution in [3.05, 3.63) is 83.4 Å². The molecule has 0 aliphatic rings. The quantitative estimate of drug-likeness (QED) is 0.113. The van der Waals surface area contributed by atoms with Crippen LogP contribution in [0.2, 0.25) is 0 Å². The van der Waals surface area contributed by atoms with Gasteiger partial charge < -0.3 is 20.3 Å². The van der Waals surface area contributed by atoms with Crippen molar-refractivity contribution in [2.45, 2.75) is 90.5 Å². The fourth-order valence-electron chi connectivity index (χ4n) is 5.06. The maximum Gasteiger partial charge on any atom is 0.304 e. The van der Waals surface area contributed by atoms with Gasteiger partial charge in [0.1, 0.15) is 0 Å². The molecule has 0 fully saturated rings. The lowest BCUT2D eigenvalue weighted by molar-refractivity contribution is -0.136. The van der Waals surface area contributed by atoms with E-state index < -0.39 is 5.97 Å². The van der Waals surface area contributed by atoms with E-state index in [0.29, 0.717) is 48.2 Å². The highest BCUT2D eigenvalue weighted by Gasteiger charge is 2.18. The molecule has 3 N–H and O–H groups in total. The fraction of sp³-hybridized carbons (Fsp3) is 0.444. The van der Waals surface area contributed by atoms with E-state index in [4.69, 9.17) is 9.63 Å². The summed E-state index contributed by atoms with van der Waals surface area (Å²) in [5.74, 6) is 0.658. The first kappa shape index (κ1) is 34.4. The second kappa shape index (κ2) is 16.7. The van der Waals surface area contributed by atoms with Crippen LogP contribution in [0.1, 0.15) is 93.5 Å². The minimum atomic E-state index is -0.868. The molecule has 2 aromatic carbocycles. The second-order valence-electron chi connectivity index (χ2n) is 12.7. The van der Waals surface area contributed by atoms with E-state index >= 15 is 0 Å². The van der Waals surface area contributed by atoms with Gasteiger partial charge in [0, 0.05) is 49.1 Å². The monoisotopic (exact) mass is 626 g/mol. The fourth-order valence-corrected chi connectivity index (χ4v) is 5.06. The number of carbonyl (C=O) groups excluding carboxylic acids is 1. The highest BCUT2D eigenvalue weighted by Crippen LogP contribution is 2.23. The summed E-state index contributed by atoms with van der Waals surface area (Å²) >= 11 is 0. The summed E-state index contributed by atoms with van der Waals surface area (Å²) in [5, 5.41) is 19.4. The second-order valence-corrected chi connectivity index (χ2v) is 12.7. The zero-order valence-electron chi connectivity index (χ0n) is 27.4. The summed E-state index contributed by atoms with van der Waals surface area (Å²) in [5.41, 5.74) is 4.28. The lowest BCUT2D eigenvalue weighted by Crippen LogP contribution is -2.44. The van der Waals surface area contributed by atoms with Crippen LogP contribution in [0.4, 0.5) is 0 Å². The number of nitrogens with one attached hydrogen (secondary N) is 2.